The Labute approximate surface area is 92.3 Å². The third-order valence-electron chi connectivity index (χ3n) is 2.55. The molecule has 0 saturated heterocycles. The first-order valence-electron chi connectivity index (χ1n) is 4.58. The van der Waals surface area contributed by atoms with Gasteiger partial charge in [-0.05, 0) is 41.0 Å². The van der Waals surface area contributed by atoms with Gasteiger partial charge in [-0.25, -0.2) is 4.98 Å². The van der Waals surface area contributed by atoms with Gasteiger partial charge in [0.2, 0.25) is 0 Å². The topological polar surface area (TPSA) is 24.9 Å². The van der Waals surface area contributed by atoms with Crippen LogP contribution in [0.2, 0.25) is 0 Å². The van der Waals surface area contributed by atoms with Crippen molar-refractivity contribution in [1.29, 1.82) is 0 Å². The highest BCUT2D eigenvalue weighted by atomic mass is 127. The van der Waals surface area contributed by atoms with E-state index in [1.807, 2.05) is 6.20 Å². The van der Waals surface area contributed by atoms with Crippen LogP contribution >= 0.6 is 22.6 Å². The Morgan fingerprint density at radius 1 is 1.62 bits per heavy atom. The maximum Gasteiger partial charge on any atom is 0.130 e. The molecule has 0 amide bonds. The fourth-order valence-electron chi connectivity index (χ4n) is 1.64. The van der Waals surface area contributed by atoms with Gasteiger partial charge in [0.15, 0.2) is 0 Å². The van der Waals surface area contributed by atoms with E-state index in [1.54, 1.807) is 0 Å². The molecule has 13 heavy (non-hydrogen) atoms. The molecule has 1 unspecified atom stereocenters. The maximum atomic E-state index is 4.34. The lowest BCUT2D eigenvalue weighted by molar-refractivity contribution is 0.537. The molecular formula is C10H13IN2. The van der Waals surface area contributed by atoms with Crippen molar-refractivity contribution >= 4 is 28.4 Å². The zero-order valence-corrected chi connectivity index (χ0v) is 10.00. The van der Waals surface area contributed by atoms with Gasteiger partial charge in [0, 0.05) is 21.4 Å². The predicted molar refractivity (Wildman–Crippen MR) is 62.9 cm³/mol. The Kier molecular flexibility index (Phi) is 2.45. The third kappa shape index (κ3) is 1.66. The lowest BCUT2D eigenvalue weighted by atomic mass is 10.0. The van der Waals surface area contributed by atoms with E-state index in [9.17, 15) is 0 Å². The molecule has 0 bridgehead atoms. The number of rotatable bonds is 1. The molecule has 0 aliphatic carbocycles. The van der Waals surface area contributed by atoms with Crippen molar-refractivity contribution in [2.24, 2.45) is 5.92 Å². The molecule has 1 aromatic rings. The van der Waals surface area contributed by atoms with Crippen molar-refractivity contribution in [1.82, 2.24) is 4.98 Å². The van der Waals surface area contributed by atoms with Crippen LogP contribution < -0.4 is 5.32 Å². The highest BCUT2D eigenvalue weighted by molar-refractivity contribution is 14.1. The Morgan fingerprint density at radius 3 is 3.00 bits per heavy atom. The first-order chi connectivity index (χ1) is 6.18. The van der Waals surface area contributed by atoms with Crippen LogP contribution in [0.3, 0.4) is 0 Å². The first-order valence-corrected chi connectivity index (χ1v) is 5.66. The number of pyridine rings is 1. The summed E-state index contributed by atoms with van der Waals surface area (Å²) < 4.78 is 1.33. The third-order valence-corrected chi connectivity index (χ3v) is 3.56. The zero-order chi connectivity index (χ0) is 9.42. The van der Waals surface area contributed by atoms with Crippen LogP contribution in [0, 0.1) is 9.49 Å². The fourth-order valence-corrected chi connectivity index (χ4v) is 2.27. The molecule has 1 aromatic heterocycles. The van der Waals surface area contributed by atoms with Gasteiger partial charge in [-0.1, -0.05) is 13.8 Å². The van der Waals surface area contributed by atoms with Crippen LogP contribution in [0.4, 0.5) is 5.82 Å². The molecule has 1 N–H and O–H groups in total. The quantitative estimate of drug-likeness (QED) is 0.804. The number of anilines is 1. The Morgan fingerprint density at radius 2 is 2.38 bits per heavy atom. The van der Waals surface area contributed by atoms with Crippen LogP contribution in [0.5, 0.6) is 0 Å². The van der Waals surface area contributed by atoms with E-state index in [2.05, 4.69) is 52.8 Å². The van der Waals surface area contributed by atoms with Gasteiger partial charge >= 0.3 is 0 Å². The molecule has 0 spiro atoms. The molecule has 3 heteroatoms. The van der Waals surface area contributed by atoms with Crippen molar-refractivity contribution in [2.45, 2.75) is 26.3 Å². The van der Waals surface area contributed by atoms with Crippen LogP contribution in [0.25, 0.3) is 0 Å². The number of hydrogen-bond acceptors (Lipinski definition) is 2. The van der Waals surface area contributed by atoms with Crippen LogP contribution in [-0.2, 0) is 6.42 Å². The molecule has 2 heterocycles. The van der Waals surface area contributed by atoms with E-state index in [0.717, 1.165) is 12.2 Å². The molecule has 0 saturated carbocycles. The number of nitrogens with zero attached hydrogens (tertiary/aromatic N) is 1. The van der Waals surface area contributed by atoms with E-state index in [0.29, 0.717) is 12.0 Å². The molecule has 1 aliphatic heterocycles. The van der Waals surface area contributed by atoms with E-state index >= 15 is 0 Å². The standard InChI is InChI=1S/C10H13IN2/c1-6(2)9-5-7-8(11)3-4-12-10(7)13-9/h3-4,6,9H,5H2,1-2H3,(H,12,13). The normalized spacial score (nSPS) is 20.2. The largest absolute Gasteiger partial charge is 0.366 e. The highest BCUT2D eigenvalue weighted by Crippen LogP contribution is 2.30. The summed E-state index contributed by atoms with van der Waals surface area (Å²) in [5.41, 5.74) is 1.39. The number of halogens is 1. The average Bonchev–Trinajstić information content (AvgIpc) is 2.49. The maximum absolute atomic E-state index is 4.34. The summed E-state index contributed by atoms with van der Waals surface area (Å²) in [5, 5.41) is 3.46. The highest BCUT2D eigenvalue weighted by Gasteiger charge is 2.25. The minimum absolute atomic E-state index is 0.568. The van der Waals surface area contributed by atoms with Gasteiger partial charge in [0.25, 0.3) is 0 Å². The average molecular weight is 288 g/mol. The summed E-state index contributed by atoms with van der Waals surface area (Å²) in [6, 6.07) is 2.64. The van der Waals surface area contributed by atoms with Gasteiger partial charge in [-0.3, -0.25) is 0 Å². The summed E-state index contributed by atoms with van der Waals surface area (Å²) in [6.45, 7) is 4.49. The summed E-state index contributed by atoms with van der Waals surface area (Å²) >= 11 is 2.38. The van der Waals surface area contributed by atoms with Gasteiger partial charge in [-0.15, -0.1) is 0 Å². The lowest BCUT2D eigenvalue weighted by Gasteiger charge is -2.14. The van der Waals surface area contributed by atoms with E-state index < -0.39 is 0 Å². The SMILES string of the molecule is CC(C)C1Cc2c(I)ccnc2N1. The minimum atomic E-state index is 0.568. The predicted octanol–water partition coefficient (Wildman–Crippen LogP) is 2.68. The van der Waals surface area contributed by atoms with Crippen molar-refractivity contribution < 1.29 is 0 Å². The summed E-state index contributed by atoms with van der Waals surface area (Å²) in [6.07, 6.45) is 3.00. The first kappa shape index (κ1) is 9.24. The van der Waals surface area contributed by atoms with Crippen LogP contribution in [0.15, 0.2) is 12.3 Å². The Balaban J connectivity index is 2.30. The Hall–Kier alpha value is -0.320. The van der Waals surface area contributed by atoms with Crippen LogP contribution in [-0.4, -0.2) is 11.0 Å². The second-order valence-electron chi connectivity index (χ2n) is 3.82. The molecule has 0 aromatic carbocycles. The number of fused-ring (bicyclic) bond motifs is 1. The number of hydrogen-bond donors (Lipinski definition) is 1. The second kappa shape index (κ2) is 3.44. The van der Waals surface area contributed by atoms with Gasteiger partial charge in [0.1, 0.15) is 5.82 Å². The summed E-state index contributed by atoms with van der Waals surface area (Å²) in [7, 11) is 0. The molecule has 0 radical (unpaired) electrons. The zero-order valence-electron chi connectivity index (χ0n) is 7.84. The number of aromatic nitrogens is 1. The van der Waals surface area contributed by atoms with E-state index in [4.69, 9.17) is 0 Å². The summed E-state index contributed by atoms with van der Waals surface area (Å²) in [5.74, 6) is 1.76. The molecule has 2 nitrogen and oxygen atoms in total. The molecule has 70 valence electrons. The van der Waals surface area contributed by atoms with E-state index in [-0.39, 0.29) is 0 Å². The number of nitrogens with one attached hydrogen (secondary N) is 1. The van der Waals surface area contributed by atoms with E-state index in [1.165, 1.54) is 9.13 Å². The summed E-state index contributed by atoms with van der Waals surface area (Å²) in [4.78, 5) is 4.34. The second-order valence-corrected chi connectivity index (χ2v) is 4.98. The monoisotopic (exact) mass is 288 g/mol. The molecule has 2 rings (SSSR count). The Bertz CT molecular complexity index is 323. The lowest BCUT2D eigenvalue weighted by Crippen LogP contribution is -2.22. The smallest absolute Gasteiger partial charge is 0.130 e. The van der Waals surface area contributed by atoms with Gasteiger partial charge in [0.05, 0.1) is 0 Å². The van der Waals surface area contributed by atoms with Crippen molar-refractivity contribution in [3.63, 3.8) is 0 Å². The molecular weight excluding hydrogens is 275 g/mol. The van der Waals surface area contributed by atoms with Crippen molar-refractivity contribution in [3.05, 3.63) is 21.4 Å². The minimum Gasteiger partial charge on any atom is -0.366 e. The van der Waals surface area contributed by atoms with Crippen LogP contribution in [0.1, 0.15) is 19.4 Å². The van der Waals surface area contributed by atoms with Gasteiger partial charge in [-0.2, -0.15) is 0 Å². The molecule has 0 fully saturated rings. The molecule has 1 atom stereocenters. The van der Waals surface area contributed by atoms with Gasteiger partial charge < -0.3 is 5.32 Å². The fraction of sp³-hybridized carbons (Fsp3) is 0.500. The molecule has 1 aliphatic rings. The van der Waals surface area contributed by atoms with Crippen molar-refractivity contribution in [2.75, 3.05) is 5.32 Å². The van der Waals surface area contributed by atoms with Crippen molar-refractivity contribution in [3.8, 4) is 0 Å².